The Kier molecular flexibility index (Phi) is 6.92. The molecule has 0 aromatic heterocycles. The predicted octanol–water partition coefficient (Wildman–Crippen LogP) is 4.87. The van der Waals surface area contributed by atoms with E-state index in [1.165, 1.54) is 25.1 Å². The molecule has 0 aliphatic carbocycles. The maximum atomic E-state index is 13.7. The summed E-state index contributed by atoms with van der Waals surface area (Å²) in [6, 6.07) is 14.5. The van der Waals surface area contributed by atoms with E-state index in [1.807, 2.05) is 0 Å². The minimum atomic E-state index is -1.29. The first-order valence-corrected chi connectivity index (χ1v) is 9.26. The number of esters is 1. The molecule has 0 bridgehead atoms. The third-order valence-electron chi connectivity index (χ3n) is 4.25. The Morgan fingerprint density at radius 3 is 2.35 bits per heavy atom. The molecule has 1 amide bonds. The molecule has 0 radical (unpaired) electrons. The number of anilines is 1. The lowest BCUT2D eigenvalue weighted by Gasteiger charge is -2.16. The molecule has 0 aliphatic heterocycles. The highest BCUT2D eigenvalue weighted by molar-refractivity contribution is 5.98. The van der Waals surface area contributed by atoms with Crippen LogP contribution in [-0.4, -0.2) is 18.0 Å². The monoisotopic (exact) mass is 429 g/mol. The third-order valence-corrected chi connectivity index (χ3v) is 4.25. The Hall–Kier alpha value is -3.81. The van der Waals surface area contributed by atoms with Gasteiger partial charge in [-0.15, -0.1) is 0 Å². The van der Waals surface area contributed by atoms with E-state index in [-0.39, 0.29) is 29.4 Å². The minimum absolute atomic E-state index is 0.0706. The Bertz CT molecular complexity index is 1090. The molecule has 3 rings (SSSR count). The summed E-state index contributed by atoms with van der Waals surface area (Å²) >= 11 is 0. The second-order valence-corrected chi connectivity index (χ2v) is 6.57. The zero-order valence-electron chi connectivity index (χ0n) is 16.4. The summed E-state index contributed by atoms with van der Waals surface area (Å²) in [6.45, 7) is 1.38. The summed E-state index contributed by atoms with van der Waals surface area (Å²) < 4.78 is 50.7. The summed E-state index contributed by atoms with van der Waals surface area (Å²) in [5.74, 6) is -3.39. The van der Waals surface area contributed by atoms with Crippen LogP contribution in [0.25, 0.3) is 0 Å². The SMILES string of the molecule is C[C@H](OC(=O)c1ccccc1OCc1ccc(F)cc1)C(=O)Nc1cc(F)ccc1F. The van der Waals surface area contributed by atoms with E-state index >= 15 is 0 Å². The molecule has 1 N–H and O–H groups in total. The molecule has 3 aromatic rings. The zero-order valence-corrected chi connectivity index (χ0v) is 16.4. The van der Waals surface area contributed by atoms with Gasteiger partial charge in [-0.05, 0) is 48.9 Å². The molecule has 5 nitrogen and oxygen atoms in total. The van der Waals surface area contributed by atoms with Gasteiger partial charge in [0.05, 0.1) is 5.69 Å². The van der Waals surface area contributed by atoms with E-state index in [0.29, 0.717) is 5.56 Å². The van der Waals surface area contributed by atoms with Gasteiger partial charge in [-0.25, -0.2) is 18.0 Å². The predicted molar refractivity (Wildman–Crippen MR) is 107 cm³/mol. The van der Waals surface area contributed by atoms with Crippen LogP contribution in [0, 0.1) is 17.5 Å². The molecule has 8 heteroatoms. The van der Waals surface area contributed by atoms with E-state index in [1.54, 1.807) is 30.3 Å². The van der Waals surface area contributed by atoms with Crippen LogP contribution in [0.15, 0.2) is 66.7 Å². The average molecular weight is 429 g/mol. The fourth-order valence-corrected chi connectivity index (χ4v) is 2.61. The van der Waals surface area contributed by atoms with Crippen LogP contribution in [0.1, 0.15) is 22.8 Å². The largest absolute Gasteiger partial charge is 0.488 e. The van der Waals surface area contributed by atoms with Gasteiger partial charge in [0.25, 0.3) is 5.91 Å². The van der Waals surface area contributed by atoms with Crippen LogP contribution in [0.2, 0.25) is 0 Å². The molecule has 0 aliphatic rings. The number of para-hydroxylation sites is 1. The van der Waals surface area contributed by atoms with Crippen LogP contribution >= 0.6 is 0 Å². The van der Waals surface area contributed by atoms with Crippen molar-refractivity contribution in [2.45, 2.75) is 19.6 Å². The van der Waals surface area contributed by atoms with Gasteiger partial charge in [-0.1, -0.05) is 24.3 Å². The first-order valence-electron chi connectivity index (χ1n) is 9.26. The third kappa shape index (κ3) is 5.85. The summed E-state index contributed by atoms with van der Waals surface area (Å²) in [4.78, 5) is 24.8. The van der Waals surface area contributed by atoms with E-state index in [9.17, 15) is 22.8 Å². The fraction of sp³-hybridized carbons (Fsp3) is 0.130. The average Bonchev–Trinajstić information content (AvgIpc) is 2.76. The molecular formula is C23H18F3NO4. The number of hydrogen-bond donors (Lipinski definition) is 1. The fourth-order valence-electron chi connectivity index (χ4n) is 2.61. The van der Waals surface area contributed by atoms with Gasteiger partial charge in [0.15, 0.2) is 6.10 Å². The highest BCUT2D eigenvalue weighted by Gasteiger charge is 2.22. The van der Waals surface area contributed by atoms with Gasteiger partial charge in [0.2, 0.25) is 0 Å². The van der Waals surface area contributed by atoms with Gasteiger partial charge in [-0.2, -0.15) is 0 Å². The second kappa shape index (κ2) is 9.80. The number of hydrogen-bond acceptors (Lipinski definition) is 4. The van der Waals surface area contributed by atoms with Crippen molar-refractivity contribution in [3.05, 3.63) is 95.3 Å². The van der Waals surface area contributed by atoms with E-state index in [0.717, 1.165) is 18.2 Å². The maximum absolute atomic E-state index is 13.7. The van der Waals surface area contributed by atoms with Gasteiger partial charge in [0, 0.05) is 6.07 Å². The van der Waals surface area contributed by atoms with Gasteiger partial charge in [0.1, 0.15) is 35.4 Å². The van der Waals surface area contributed by atoms with E-state index in [4.69, 9.17) is 9.47 Å². The first-order chi connectivity index (χ1) is 14.8. The zero-order chi connectivity index (χ0) is 22.4. The molecule has 1 atom stereocenters. The summed E-state index contributed by atoms with van der Waals surface area (Å²) in [5, 5.41) is 2.18. The number of carbonyl (C=O) groups is 2. The first kappa shape index (κ1) is 21.9. The van der Waals surface area contributed by atoms with Crippen molar-refractivity contribution in [1.29, 1.82) is 0 Å². The molecule has 0 saturated carbocycles. The minimum Gasteiger partial charge on any atom is -0.488 e. The topological polar surface area (TPSA) is 64.6 Å². The van der Waals surface area contributed by atoms with Crippen molar-refractivity contribution in [3.63, 3.8) is 0 Å². The molecule has 0 fully saturated rings. The molecule has 31 heavy (non-hydrogen) atoms. The Morgan fingerprint density at radius 1 is 0.935 bits per heavy atom. The molecular weight excluding hydrogens is 411 g/mol. The smallest absolute Gasteiger partial charge is 0.342 e. The number of halogens is 3. The Morgan fingerprint density at radius 2 is 1.61 bits per heavy atom. The van der Waals surface area contributed by atoms with Crippen molar-refractivity contribution in [1.82, 2.24) is 0 Å². The normalized spacial score (nSPS) is 11.5. The van der Waals surface area contributed by atoms with Crippen molar-refractivity contribution >= 4 is 17.6 Å². The van der Waals surface area contributed by atoms with E-state index in [2.05, 4.69) is 5.32 Å². The summed E-state index contributed by atoms with van der Waals surface area (Å²) in [6.07, 6.45) is -1.29. The highest BCUT2D eigenvalue weighted by Crippen LogP contribution is 2.22. The number of rotatable bonds is 7. The molecule has 160 valence electrons. The van der Waals surface area contributed by atoms with Gasteiger partial charge in [-0.3, -0.25) is 4.79 Å². The standard InChI is InChI=1S/C23H18F3NO4/c1-14(22(28)27-20-12-17(25)10-11-19(20)26)31-23(29)18-4-2-3-5-21(18)30-13-15-6-8-16(24)9-7-15/h2-12,14H,13H2,1H3,(H,27,28)/t14-/m0/s1. The molecule has 0 saturated heterocycles. The van der Waals surface area contributed by atoms with Crippen LogP contribution in [-0.2, 0) is 16.1 Å². The molecule has 0 unspecified atom stereocenters. The lowest BCUT2D eigenvalue weighted by molar-refractivity contribution is -0.123. The van der Waals surface area contributed by atoms with Gasteiger partial charge < -0.3 is 14.8 Å². The van der Waals surface area contributed by atoms with Crippen molar-refractivity contribution in [3.8, 4) is 5.75 Å². The Labute approximate surface area is 176 Å². The maximum Gasteiger partial charge on any atom is 0.342 e. The van der Waals surface area contributed by atoms with Gasteiger partial charge >= 0.3 is 5.97 Å². The van der Waals surface area contributed by atoms with Crippen molar-refractivity contribution in [2.75, 3.05) is 5.32 Å². The Balaban J connectivity index is 1.65. The van der Waals surface area contributed by atoms with E-state index < -0.39 is 29.6 Å². The number of amides is 1. The molecule has 0 spiro atoms. The summed E-state index contributed by atoms with van der Waals surface area (Å²) in [7, 11) is 0. The second-order valence-electron chi connectivity index (χ2n) is 6.57. The van der Waals surface area contributed by atoms with Crippen molar-refractivity contribution in [2.24, 2.45) is 0 Å². The van der Waals surface area contributed by atoms with Crippen LogP contribution < -0.4 is 10.1 Å². The number of carbonyl (C=O) groups excluding carboxylic acids is 2. The highest BCUT2D eigenvalue weighted by atomic mass is 19.1. The quantitative estimate of drug-likeness (QED) is 0.545. The molecule has 3 aromatic carbocycles. The van der Waals surface area contributed by atoms with Crippen LogP contribution in [0.3, 0.4) is 0 Å². The lowest BCUT2D eigenvalue weighted by Crippen LogP contribution is -2.30. The number of ether oxygens (including phenoxy) is 2. The van der Waals surface area contributed by atoms with Crippen LogP contribution in [0.5, 0.6) is 5.75 Å². The molecule has 0 heterocycles. The van der Waals surface area contributed by atoms with Crippen LogP contribution in [0.4, 0.5) is 18.9 Å². The van der Waals surface area contributed by atoms with Crippen molar-refractivity contribution < 1.29 is 32.2 Å². The number of nitrogens with one attached hydrogen (secondary N) is 1. The summed E-state index contributed by atoms with van der Waals surface area (Å²) in [5.41, 5.74) is 0.395. The lowest BCUT2D eigenvalue weighted by atomic mass is 10.2. The number of benzene rings is 3.